The summed E-state index contributed by atoms with van der Waals surface area (Å²) in [6.07, 6.45) is 6.59. The standard InChI is InChI=1S/C29H33NO5/c1-20(2)14-15-23(30-35-18-10-13-21-11-8-7-9-12-21)22-19-26(33-5)27-24(31-3)16-17-25(32-4)28(27)29(22)34-6/h7-14,16-17,19H,15,18H2,1-6H3. The molecule has 0 bridgehead atoms. The number of benzene rings is 3. The van der Waals surface area contributed by atoms with E-state index in [0.717, 1.165) is 21.9 Å². The van der Waals surface area contributed by atoms with Crippen LogP contribution >= 0.6 is 0 Å². The Balaban J connectivity index is 2.09. The van der Waals surface area contributed by atoms with Gasteiger partial charge in [-0.1, -0.05) is 53.2 Å². The molecule has 35 heavy (non-hydrogen) atoms. The van der Waals surface area contributed by atoms with Crippen LogP contribution in [0.25, 0.3) is 16.8 Å². The highest BCUT2D eigenvalue weighted by atomic mass is 16.6. The van der Waals surface area contributed by atoms with Crippen LogP contribution < -0.4 is 18.9 Å². The summed E-state index contributed by atoms with van der Waals surface area (Å²) in [5.74, 6) is 2.54. The van der Waals surface area contributed by atoms with Crippen molar-refractivity contribution < 1.29 is 23.8 Å². The average Bonchev–Trinajstić information content (AvgIpc) is 2.89. The Bertz CT molecular complexity index is 1230. The topological polar surface area (TPSA) is 58.5 Å². The second-order valence-corrected chi connectivity index (χ2v) is 8.01. The van der Waals surface area contributed by atoms with Gasteiger partial charge in [0.1, 0.15) is 29.6 Å². The molecule has 0 aromatic heterocycles. The lowest BCUT2D eigenvalue weighted by Crippen LogP contribution is -2.07. The summed E-state index contributed by atoms with van der Waals surface area (Å²) in [6.45, 7) is 4.43. The maximum absolute atomic E-state index is 5.91. The molecule has 0 spiro atoms. The number of nitrogens with zero attached hydrogens (tertiary/aromatic N) is 1. The Kier molecular flexibility index (Phi) is 9.18. The number of rotatable bonds is 11. The second kappa shape index (κ2) is 12.5. The molecule has 0 amide bonds. The fraction of sp³-hybridized carbons (Fsp3) is 0.276. The van der Waals surface area contributed by atoms with Crippen LogP contribution in [0.1, 0.15) is 31.4 Å². The first-order chi connectivity index (χ1) is 17.0. The molecule has 0 radical (unpaired) electrons. The number of oxime groups is 1. The summed E-state index contributed by atoms with van der Waals surface area (Å²) >= 11 is 0. The van der Waals surface area contributed by atoms with Crippen molar-refractivity contribution in [2.45, 2.75) is 20.3 Å². The fourth-order valence-corrected chi connectivity index (χ4v) is 3.77. The summed E-state index contributed by atoms with van der Waals surface area (Å²) < 4.78 is 23.0. The molecule has 0 saturated heterocycles. The van der Waals surface area contributed by atoms with Gasteiger partial charge in [-0.2, -0.15) is 0 Å². The maximum Gasteiger partial charge on any atom is 0.140 e. The summed E-state index contributed by atoms with van der Waals surface area (Å²) in [4.78, 5) is 5.71. The van der Waals surface area contributed by atoms with Gasteiger partial charge in [-0.15, -0.1) is 0 Å². The summed E-state index contributed by atoms with van der Waals surface area (Å²) in [5, 5.41) is 6.01. The van der Waals surface area contributed by atoms with Gasteiger partial charge in [-0.3, -0.25) is 0 Å². The summed E-state index contributed by atoms with van der Waals surface area (Å²) in [7, 11) is 6.51. The maximum atomic E-state index is 5.91. The van der Waals surface area contributed by atoms with E-state index >= 15 is 0 Å². The molecule has 0 saturated carbocycles. The summed E-state index contributed by atoms with van der Waals surface area (Å²) in [5.41, 5.74) is 3.74. The van der Waals surface area contributed by atoms with Crippen molar-refractivity contribution in [1.82, 2.24) is 0 Å². The molecule has 3 rings (SSSR count). The average molecular weight is 476 g/mol. The predicted molar refractivity (Wildman–Crippen MR) is 142 cm³/mol. The highest BCUT2D eigenvalue weighted by Crippen LogP contribution is 2.46. The molecule has 0 aliphatic heterocycles. The van der Waals surface area contributed by atoms with Gasteiger partial charge in [0.15, 0.2) is 0 Å². The van der Waals surface area contributed by atoms with E-state index in [1.54, 1.807) is 28.4 Å². The van der Waals surface area contributed by atoms with E-state index in [0.29, 0.717) is 41.7 Å². The van der Waals surface area contributed by atoms with Crippen molar-refractivity contribution in [3.63, 3.8) is 0 Å². The first-order valence-corrected chi connectivity index (χ1v) is 11.4. The van der Waals surface area contributed by atoms with Crippen LogP contribution in [0.4, 0.5) is 0 Å². The van der Waals surface area contributed by atoms with Crippen LogP contribution in [0.2, 0.25) is 0 Å². The Hall–Kier alpha value is -3.93. The van der Waals surface area contributed by atoms with E-state index < -0.39 is 0 Å². The fourth-order valence-electron chi connectivity index (χ4n) is 3.77. The molecule has 0 heterocycles. The van der Waals surface area contributed by atoms with E-state index in [1.807, 2.05) is 74.5 Å². The minimum Gasteiger partial charge on any atom is -0.496 e. The van der Waals surface area contributed by atoms with E-state index in [4.69, 9.17) is 23.8 Å². The molecule has 6 heteroatoms. The van der Waals surface area contributed by atoms with E-state index in [1.165, 1.54) is 5.57 Å². The van der Waals surface area contributed by atoms with Gasteiger partial charge in [0.25, 0.3) is 0 Å². The highest BCUT2D eigenvalue weighted by Gasteiger charge is 2.23. The number of fused-ring (bicyclic) bond motifs is 1. The van der Waals surface area contributed by atoms with Crippen LogP contribution in [-0.2, 0) is 4.84 Å². The molecule has 3 aromatic rings. The van der Waals surface area contributed by atoms with Crippen molar-refractivity contribution >= 4 is 22.6 Å². The number of hydrogen-bond acceptors (Lipinski definition) is 6. The third kappa shape index (κ3) is 6.15. The third-order valence-electron chi connectivity index (χ3n) is 5.46. The molecule has 0 fully saturated rings. The van der Waals surface area contributed by atoms with E-state index in [-0.39, 0.29) is 0 Å². The highest BCUT2D eigenvalue weighted by molar-refractivity contribution is 6.12. The van der Waals surface area contributed by atoms with Gasteiger partial charge < -0.3 is 23.8 Å². The zero-order valence-corrected chi connectivity index (χ0v) is 21.3. The van der Waals surface area contributed by atoms with Gasteiger partial charge in [0.05, 0.1) is 44.9 Å². The first-order valence-electron chi connectivity index (χ1n) is 11.4. The third-order valence-corrected chi connectivity index (χ3v) is 5.46. The molecule has 184 valence electrons. The van der Waals surface area contributed by atoms with E-state index in [9.17, 15) is 0 Å². The molecule has 6 nitrogen and oxygen atoms in total. The van der Waals surface area contributed by atoms with Crippen molar-refractivity contribution in [2.24, 2.45) is 5.16 Å². The van der Waals surface area contributed by atoms with Crippen LogP contribution in [0.5, 0.6) is 23.0 Å². The van der Waals surface area contributed by atoms with Crippen molar-refractivity contribution in [3.05, 3.63) is 77.4 Å². The predicted octanol–water partition coefficient (Wildman–Crippen LogP) is 6.66. The lowest BCUT2D eigenvalue weighted by atomic mass is 9.97. The van der Waals surface area contributed by atoms with Crippen LogP contribution in [0, 0.1) is 0 Å². The van der Waals surface area contributed by atoms with Gasteiger partial charge >= 0.3 is 0 Å². The van der Waals surface area contributed by atoms with Gasteiger partial charge in [0, 0.05) is 12.0 Å². The SMILES string of the molecule is COc1ccc(OC)c2c(OC)c(C(CC=C(C)C)=NOCC=Cc3ccccc3)cc(OC)c12. The summed E-state index contributed by atoms with van der Waals surface area (Å²) in [6, 6.07) is 15.7. The van der Waals surface area contributed by atoms with Gasteiger partial charge in [-0.25, -0.2) is 0 Å². The largest absolute Gasteiger partial charge is 0.496 e. The zero-order valence-electron chi connectivity index (χ0n) is 21.3. The lowest BCUT2D eigenvalue weighted by molar-refractivity contribution is 0.174. The number of ether oxygens (including phenoxy) is 4. The van der Waals surface area contributed by atoms with Crippen molar-refractivity contribution in [3.8, 4) is 23.0 Å². The molecular weight excluding hydrogens is 442 g/mol. The Morgan fingerprint density at radius 1 is 0.800 bits per heavy atom. The Morgan fingerprint density at radius 3 is 2.06 bits per heavy atom. The Morgan fingerprint density at radius 2 is 1.46 bits per heavy atom. The minimum atomic E-state index is 0.331. The molecule has 0 atom stereocenters. The van der Waals surface area contributed by atoms with Gasteiger partial charge in [-0.05, 0) is 43.7 Å². The molecule has 3 aromatic carbocycles. The van der Waals surface area contributed by atoms with Crippen LogP contribution in [0.3, 0.4) is 0 Å². The molecule has 0 unspecified atom stereocenters. The Labute approximate surface area is 207 Å². The van der Waals surface area contributed by atoms with Crippen LogP contribution in [0.15, 0.2) is 71.4 Å². The van der Waals surface area contributed by atoms with Crippen LogP contribution in [-0.4, -0.2) is 40.8 Å². The molecule has 0 aliphatic rings. The number of hydrogen-bond donors (Lipinski definition) is 0. The molecular formula is C29H33NO5. The molecule has 0 N–H and O–H groups in total. The minimum absolute atomic E-state index is 0.331. The van der Waals surface area contributed by atoms with Crippen molar-refractivity contribution in [2.75, 3.05) is 35.0 Å². The zero-order chi connectivity index (χ0) is 25.2. The normalized spacial score (nSPS) is 11.4. The number of allylic oxidation sites excluding steroid dienone is 2. The smallest absolute Gasteiger partial charge is 0.140 e. The van der Waals surface area contributed by atoms with E-state index in [2.05, 4.69) is 11.2 Å². The van der Waals surface area contributed by atoms with Crippen molar-refractivity contribution in [1.29, 1.82) is 0 Å². The first kappa shape index (κ1) is 25.7. The second-order valence-electron chi connectivity index (χ2n) is 8.01. The number of methoxy groups -OCH3 is 4. The molecule has 0 aliphatic carbocycles. The quantitative estimate of drug-likeness (QED) is 0.134. The monoisotopic (exact) mass is 475 g/mol. The lowest BCUT2D eigenvalue weighted by Gasteiger charge is -2.19. The van der Waals surface area contributed by atoms with Gasteiger partial charge in [0.2, 0.25) is 0 Å².